The van der Waals surface area contributed by atoms with E-state index < -0.39 is 0 Å². The van der Waals surface area contributed by atoms with E-state index in [1.807, 2.05) is 37.3 Å². The molecule has 2 aliphatic carbocycles. The predicted octanol–water partition coefficient (Wildman–Crippen LogP) is 3.32. The standard InChI is InChI=1S/C19H21N3O2S/c1-11-16(25-19(20-11)13-5-3-2-4-6-13)18(24)22-21-17(23)15-10-12-7-8-14(15)9-12/h2-6,12,14-15H,7-10H2,1H3,(H,21,23)(H,22,24). The first-order valence-corrected chi connectivity index (χ1v) is 9.56. The predicted molar refractivity (Wildman–Crippen MR) is 96.8 cm³/mol. The van der Waals surface area contributed by atoms with Gasteiger partial charge in [0.2, 0.25) is 5.91 Å². The van der Waals surface area contributed by atoms with Crippen molar-refractivity contribution in [3.8, 4) is 10.6 Å². The highest BCUT2D eigenvalue weighted by molar-refractivity contribution is 7.17. The van der Waals surface area contributed by atoms with Gasteiger partial charge in [-0.15, -0.1) is 11.3 Å². The Morgan fingerprint density at radius 1 is 1.12 bits per heavy atom. The maximum absolute atomic E-state index is 12.4. The zero-order valence-electron chi connectivity index (χ0n) is 14.1. The summed E-state index contributed by atoms with van der Waals surface area (Å²) in [6.45, 7) is 1.82. The molecule has 0 radical (unpaired) electrons. The number of thiazole rings is 1. The largest absolute Gasteiger partial charge is 0.281 e. The van der Waals surface area contributed by atoms with E-state index in [4.69, 9.17) is 0 Å². The van der Waals surface area contributed by atoms with Gasteiger partial charge in [0.05, 0.1) is 5.69 Å². The molecule has 0 aliphatic heterocycles. The summed E-state index contributed by atoms with van der Waals surface area (Å²) in [6, 6.07) is 9.78. The number of rotatable bonds is 3. The summed E-state index contributed by atoms with van der Waals surface area (Å²) in [5.74, 6) is 0.909. The highest BCUT2D eigenvalue weighted by Gasteiger charge is 2.43. The molecule has 2 amide bonds. The number of hydrogen-bond donors (Lipinski definition) is 2. The molecule has 6 heteroatoms. The average Bonchev–Trinajstić information content (AvgIpc) is 3.35. The van der Waals surface area contributed by atoms with Gasteiger partial charge in [-0.05, 0) is 38.0 Å². The van der Waals surface area contributed by atoms with Crippen LogP contribution in [0.2, 0.25) is 0 Å². The van der Waals surface area contributed by atoms with Crippen molar-refractivity contribution in [2.45, 2.75) is 32.6 Å². The maximum atomic E-state index is 12.4. The summed E-state index contributed by atoms with van der Waals surface area (Å²) >= 11 is 1.34. The second-order valence-corrected chi connectivity index (χ2v) is 8.02. The first kappa shape index (κ1) is 16.3. The van der Waals surface area contributed by atoms with Crippen molar-refractivity contribution in [1.82, 2.24) is 15.8 Å². The van der Waals surface area contributed by atoms with Crippen molar-refractivity contribution >= 4 is 23.2 Å². The second-order valence-electron chi connectivity index (χ2n) is 7.02. The summed E-state index contributed by atoms with van der Waals surface area (Å²) in [7, 11) is 0. The third-order valence-corrected chi connectivity index (χ3v) is 6.60. The van der Waals surface area contributed by atoms with Gasteiger partial charge in [0, 0.05) is 11.5 Å². The molecule has 4 rings (SSSR count). The molecule has 5 nitrogen and oxygen atoms in total. The van der Waals surface area contributed by atoms with Gasteiger partial charge in [-0.1, -0.05) is 36.8 Å². The zero-order valence-corrected chi connectivity index (χ0v) is 14.9. The highest BCUT2D eigenvalue weighted by atomic mass is 32.1. The van der Waals surface area contributed by atoms with Crippen LogP contribution in [0.3, 0.4) is 0 Å². The third-order valence-electron chi connectivity index (χ3n) is 5.40. The number of benzene rings is 1. The highest BCUT2D eigenvalue weighted by Crippen LogP contribution is 2.48. The van der Waals surface area contributed by atoms with Gasteiger partial charge in [-0.25, -0.2) is 4.98 Å². The van der Waals surface area contributed by atoms with E-state index in [0.717, 1.165) is 23.4 Å². The fourth-order valence-electron chi connectivity index (χ4n) is 4.14. The van der Waals surface area contributed by atoms with Crippen LogP contribution in [0.15, 0.2) is 30.3 Å². The van der Waals surface area contributed by atoms with Crippen molar-refractivity contribution in [3.05, 3.63) is 40.9 Å². The number of hydrazine groups is 1. The number of carbonyl (C=O) groups excluding carboxylic acids is 2. The summed E-state index contributed by atoms with van der Waals surface area (Å²) in [5.41, 5.74) is 6.86. The van der Waals surface area contributed by atoms with Gasteiger partial charge >= 0.3 is 0 Å². The molecule has 1 aromatic carbocycles. The average molecular weight is 355 g/mol. The van der Waals surface area contributed by atoms with Gasteiger partial charge in [0.15, 0.2) is 0 Å². The fraction of sp³-hybridized carbons (Fsp3) is 0.421. The number of nitrogens with one attached hydrogen (secondary N) is 2. The van der Waals surface area contributed by atoms with E-state index in [2.05, 4.69) is 15.8 Å². The van der Waals surface area contributed by atoms with E-state index in [1.165, 1.54) is 24.2 Å². The van der Waals surface area contributed by atoms with Crippen LogP contribution in [0.25, 0.3) is 10.6 Å². The van der Waals surface area contributed by atoms with Crippen molar-refractivity contribution in [3.63, 3.8) is 0 Å². The molecule has 1 aromatic heterocycles. The second kappa shape index (κ2) is 6.59. The first-order chi connectivity index (χ1) is 12.1. The molecule has 2 N–H and O–H groups in total. The lowest BCUT2D eigenvalue weighted by Crippen LogP contribution is -2.45. The number of hydrogen-bond acceptors (Lipinski definition) is 4. The molecular weight excluding hydrogens is 334 g/mol. The molecule has 2 aromatic rings. The lowest BCUT2D eigenvalue weighted by Gasteiger charge is -2.20. The normalized spacial score (nSPS) is 24.3. The van der Waals surface area contributed by atoms with E-state index in [1.54, 1.807) is 0 Å². The van der Waals surface area contributed by atoms with E-state index in [0.29, 0.717) is 22.4 Å². The Labute approximate surface area is 150 Å². The third kappa shape index (κ3) is 3.18. The van der Waals surface area contributed by atoms with Gasteiger partial charge < -0.3 is 0 Å². The van der Waals surface area contributed by atoms with Gasteiger partial charge in [-0.3, -0.25) is 20.4 Å². The van der Waals surface area contributed by atoms with Gasteiger partial charge in [-0.2, -0.15) is 0 Å². The molecule has 2 fully saturated rings. The molecule has 25 heavy (non-hydrogen) atoms. The Morgan fingerprint density at radius 3 is 2.60 bits per heavy atom. The SMILES string of the molecule is Cc1nc(-c2ccccc2)sc1C(=O)NNC(=O)C1CC2CCC1C2. The maximum Gasteiger partial charge on any atom is 0.281 e. The Hall–Kier alpha value is -2.21. The number of nitrogens with zero attached hydrogens (tertiary/aromatic N) is 1. The van der Waals surface area contributed by atoms with Crippen molar-refractivity contribution < 1.29 is 9.59 Å². The monoisotopic (exact) mass is 355 g/mol. The van der Waals surface area contributed by atoms with Crippen LogP contribution in [-0.4, -0.2) is 16.8 Å². The summed E-state index contributed by atoms with van der Waals surface area (Å²) in [6.07, 6.45) is 4.53. The quantitative estimate of drug-likeness (QED) is 0.830. The summed E-state index contributed by atoms with van der Waals surface area (Å²) in [4.78, 5) is 29.8. The molecule has 2 saturated carbocycles. The molecule has 3 unspecified atom stereocenters. The molecule has 0 spiro atoms. The smallest absolute Gasteiger partial charge is 0.273 e. The molecule has 0 saturated heterocycles. The van der Waals surface area contributed by atoms with Crippen LogP contribution in [0.1, 0.15) is 41.0 Å². The zero-order chi connectivity index (χ0) is 17.4. The van der Waals surface area contributed by atoms with E-state index >= 15 is 0 Å². The van der Waals surface area contributed by atoms with Crippen LogP contribution in [-0.2, 0) is 4.79 Å². The summed E-state index contributed by atoms with van der Waals surface area (Å²) in [5, 5.41) is 0.808. The molecule has 2 bridgehead atoms. The first-order valence-electron chi connectivity index (χ1n) is 8.75. The minimum absolute atomic E-state index is 0.0500. The lowest BCUT2D eigenvalue weighted by atomic mass is 9.88. The van der Waals surface area contributed by atoms with E-state index in [9.17, 15) is 9.59 Å². The Balaban J connectivity index is 1.40. The van der Waals surface area contributed by atoms with E-state index in [-0.39, 0.29) is 17.7 Å². The Morgan fingerprint density at radius 2 is 1.92 bits per heavy atom. The summed E-state index contributed by atoms with van der Waals surface area (Å²) < 4.78 is 0. The number of carbonyl (C=O) groups is 2. The number of aryl methyl sites for hydroxylation is 1. The minimum Gasteiger partial charge on any atom is -0.273 e. The molecular formula is C19H21N3O2S. The van der Waals surface area contributed by atoms with Gasteiger partial charge in [0.25, 0.3) is 5.91 Å². The number of amides is 2. The lowest BCUT2D eigenvalue weighted by molar-refractivity contribution is -0.127. The molecule has 2 aliphatic rings. The van der Waals surface area contributed by atoms with Crippen LogP contribution >= 0.6 is 11.3 Å². The topological polar surface area (TPSA) is 71.1 Å². The number of fused-ring (bicyclic) bond motifs is 2. The Bertz CT molecular complexity index is 802. The molecule has 3 atom stereocenters. The minimum atomic E-state index is -0.298. The van der Waals surface area contributed by atoms with Crippen molar-refractivity contribution in [2.75, 3.05) is 0 Å². The molecule has 1 heterocycles. The van der Waals surface area contributed by atoms with Crippen molar-refractivity contribution in [2.24, 2.45) is 17.8 Å². The van der Waals surface area contributed by atoms with Crippen LogP contribution in [0.4, 0.5) is 0 Å². The Kier molecular flexibility index (Phi) is 4.29. The van der Waals surface area contributed by atoms with Crippen LogP contribution in [0.5, 0.6) is 0 Å². The van der Waals surface area contributed by atoms with Crippen LogP contribution in [0, 0.1) is 24.7 Å². The van der Waals surface area contributed by atoms with Crippen LogP contribution < -0.4 is 10.9 Å². The van der Waals surface area contributed by atoms with Crippen molar-refractivity contribution in [1.29, 1.82) is 0 Å². The molecule has 130 valence electrons. The fourth-order valence-corrected chi connectivity index (χ4v) is 5.11. The van der Waals surface area contributed by atoms with Gasteiger partial charge in [0.1, 0.15) is 9.88 Å². The number of aromatic nitrogens is 1.